The highest BCUT2D eigenvalue weighted by molar-refractivity contribution is 5.88. The number of hydrogen-bond donors (Lipinski definition) is 2. The summed E-state index contributed by atoms with van der Waals surface area (Å²) in [4.78, 5) is 17.2. The molecular weight excluding hydrogens is 367 g/mol. The number of ether oxygens (including phenoxy) is 2. The number of rotatable bonds is 4. The molecule has 3 heterocycles. The van der Waals surface area contributed by atoms with E-state index in [-0.39, 0.29) is 11.6 Å². The third-order valence-corrected chi connectivity index (χ3v) is 4.60. The Bertz CT molecular complexity index is 1030. The molecule has 0 atom stereocenters. The number of morpholine rings is 1. The molecule has 9 nitrogen and oxygen atoms in total. The molecule has 0 radical (unpaired) electrons. The van der Waals surface area contributed by atoms with Gasteiger partial charge >= 0.3 is 6.09 Å². The molecule has 10 heteroatoms. The van der Waals surface area contributed by atoms with Crippen LogP contribution in [0.2, 0.25) is 0 Å². The first-order chi connectivity index (χ1) is 13.5. The highest BCUT2D eigenvalue weighted by atomic mass is 19.1. The van der Waals surface area contributed by atoms with Gasteiger partial charge in [0.1, 0.15) is 11.8 Å². The largest absolute Gasteiger partial charge is 0.410 e. The molecule has 1 saturated heterocycles. The van der Waals surface area contributed by atoms with Crippen molar-refractivity contribution in [1.29, 1.82) is 0 Å². The van der Waals surface area contributed by atoms with E-state index < -0.39 is 11.9 Å². The van der Waals surface area contributed by atoms with Crippen LogP contribution in [0.1, 0.15) is 5.69 Å². The SMILES string of the molecule is NC(=O)Oc1ccc(-c2cc(CN3CCOCC3)n3ncnc(N)c23)cc1F. The molecule has 2 aromatic heterocycles. The van der Waals surface area contributed by atoms with Crippen molar-refractivity contribution < 1.29 is 18.7 Å². The van der Waals surface area contributed by atoms with Gasteiger partial charge in [-0.25, -0.2) is 18.7 Å². The lowest BCUT2D eigenvalue weighted by Crippen LogP contribution is -2.36. The first-order valence-electron chi connectivity index (χ1n) is 8.71. The zero-order chi connectivity index (χ0) is 19.7. The molecule has 3 aromatic rings. The molecule has 1 aromatic carbocycles. The molecule has 1 aliphatic rings. The second kappa shape index (κ2) is 7.41. The van der Waals surface area contributed by atoms with Crippen molar-refractivity contribution >= 4 is 17.4 Å². The molecule has 4 N–H and O–H groups in total. The Labute approximate surface area is 159 Å². The maximum atomic E-state index is 14.4. The van der Waals surface area contributed by atoms with Crippen molar-refractivity contribution in [3.63, 3.8) is 0 Å². The predicted molar refractivity (Wildman–Crippen MR) is 99.1 cm³/mol. The van der Waals surface area contributed by atoms with Crippen LogP contribution in [0, 0.1) is 5.82 Å². The summed E-state index contributed by atoms with van der Waals surface area (Å²) in [6, 6.07) is 6.15. The number of carbonyl (C=O) groups is 1. The fourth-order valence-electron chi connectivity index (χ4n) is 3.31. The summed E-state index contributed by atoms with van der Waals surface area (Å²) in [6.45, 7) is 3.64. The number of amides is 1. The predicted octanol–water partition coefficient (Wildman–Crippen LogP) is 1.41. The first kappa shape index (κ1) is 18.1. The van der Waals surface area contributed by atoms with Crippen LogP contribution in [-0.4, -0.2) is 51.9 Å². The average molecular weight is 386 g/mol. The number of anilines is 1. The molecule has 0 bridgehead atoms. The van der Waals surface area contributed by atoms with Crippen molar-refractivity contribution in [1.82, 2.24) is 19.5 Å². The summed E-state index contributed by atoms with van der Waals surface area (Å²) in [6.07, 6.45) is 0.311. The molecule has 0 aliphatic carbocycles. The zero-order valence-electron chi connectivity index (χ0n) is 15.0. The smallest absolute Gasteiger partial charge is 0.407 e. The monoisotopic (exact) mass is 386 g/mol. The number of hydrogen-bond acceptors (Lipinski definition) is 7. The van der Waals surface area contributed by atoms with Gasteiger partial charge in [0.2, 0.25) is 0 Å². The number of halogens is 1. The van der Waals surface area contributed by atoms with Crippen molar-refractivity contribution in [2.75, 3.05) is 32.0 Å². The Balaban J connectivity index is 1.76. The third-order valence-electron chi connectivity index (χ3n) is 4.60. The quantitative estimate of drug-likeness (QED) is 0.695. The molecule has 1 amide bonds. The molecule has 28 heavy (non-hydrogen) atoms. The summed E-state index contributed by atoms with van der Waals surface area (Å²) in [5.41, 5.74) is 13.8. The summed E-state index contributed by atoms with van der Waals surface area (Å²) in [7, 11) is 0. The topological polar surface area (TPSA) is 121 Å². The molecule has 0 saturated carbocycles. The highest BCUT2D eigenvalue weighted by Gasteiger charge is 2.19. The number of benzene rings is 1. The average Bonchev–Trinajstić information content (AvgIpc) is 3.04. The van der Waals surface area contributed by atoms with E-state index in [4.69, 9.17) is 16.2 Å². The van der Waals surface area contributed by atoms with Gasteiger partial charge in [-0.3, -0.25) is 4.90 Å². The van der Waals surface area contributed by atoms with Crippen molar-refractivity contribution in [3.8, 4) is 16.9 Å². The van der Waals surface area contributed by atoms with Crippen LogP contribution in [0.15, 0.2) is 30.6 Å². The number of primary amides is 1. The van der Waals surface area contributed by atoms with E-state index in [1.807, 2.05) is 6.07 Å². The van der Waals surface area contributed by atoms with Crippen molar-refractivity contribution in [2.24, 2.45) is 5.73 Å². The number of aromatic nitrogens is 3. The minimum Gasteiger partial charge on any atom is -0.407 e. The van der Waals surface area contributed by atoms with Crippen molar-refractivity contribution in [2.45, 2.75) is 6.54 Å². The van der Waals surface area contributed by atoms with Gasteiger partial charge in [-0.05, 0) is 23.8 Å². The Morgan fingerprint density at radius 2 is 2.07 bits per heavy atom. The lowest BCUT2D eigenvalue weighted by Gasteiger charge is -2.26. The lowest BCUT2D eigenvalue weighted by molar-refractivity contribution is 0.0334. The number of nitrogens with two attached hydrogens (primary N) is 2. The van der Waals surface area contributed by atoms with Crippen LogP contribution in [-0.2, 0) is 11.3 Å². The second-order valence-electron chi connectivity index (χ2n) is 6.41. The van der Waals surface area contributed by atoms with Crippen LogP contribution in [0.5, 0.6) is 5.75 Å². The van der Waals surface area contributed by atoms with Crippen LogP contribution < -0.4 is 16.2 Å². The zero-order valence-corrected chi connectivity index (χ0v) is 15.0. The molecule has 4 rings (SSSR count). The number of carbonyl (C=O) groups excluding carboxylic acids is 1. The van der Waals surface area contributed by atoms with E-state index in [0.29, 0.717) is 36.4 Å². The number of fused-ring (bicyclic) bond motifs is 1. The van der Waals surface area contributed by atoms with E-state index in [1.54, 1.807) is 10.6 Å². The maximum Gasteiger partial charge on any atom is 0.410 e. The van der Waals surface area contributed by atoms with E-state index in [0.717, 1.165) is 18.8 Å². The van der Waals surface area contributed by atoms with Gasteiger partial charge in [0, 0.05) is 25.2 Å². The van der Waals surface area contributed by atoms with E-state index in [2.05, 4.69) is 19.7 Å². The summed E-state index contributed by atoms with van der Waals surface area (Å²) in [5, 5.41) is 4.32. The van der Waals surface area contributed by atoms with Gasteiger partial charge < -0.3 is 20.9 Å². The standard InChI is InChI=1S/C18H19FN6O3/c19-14-7-11(1-2-15(14)28-18(21)26)13-8-12(9-24-3-5-27-6-4-24)25-16(13)17(20)22-10-23-25/h1-2,7-8,10H,3-6,9H2,(H2,21,26)(H2,20,22,23). The van der Waals surface area contributed by atoms with Gasteiger partial charge in [0.25, 0.3) is 0 Å². The summed E-state index contributed by atoms with van der Waals surface area (Å²) in [5.74, 6) is -0.658. The fourth-order valence-corrected chi connectivity index (χ4v) is 3.31. The molecule has 0 unspecified atom stereocenters. The van der Waals surface area contributed by atoms with Gasteiger partial charge in [-0.1, -0.05) is 6.07 Å². The molecule has 146 valence electrons. The first-order valence-corrected chi connectivity index (χ1v) is 8.71. The summed E-state index contributed by atoms with van der Waals surface area (Å²) < 4.78 is 26.1. The van der Waals surface area contributed by atoms with Crippen LogP contribution in [0.4, 0.5) is 15.0 Å². The third kappa shape index (κ3) is 3.47. The Kier molecular flexibility index (Phi) is 4.80. The highest BCUT2D eigenvalue weighted by Crippen LogP contribution is 2.33. The van der Waals surface area contributed by atoms with Crippen LogP contribution in [0.3, 0.4) is 0 Å². The van der Waals surface area contributed by atoms with Crippen LogP contribution in [0.25, 0.3) is 16.6 Å². The second-order valence-corrected chi connectivity index (χ2v) is 6.41. The normalized spacial score (nSPS) is 15.0. The molecule has 0 spiro atoms. The van der Waals surface area contributed by atoms with Gasteiger partial charge in [-0.15, -0.1) is 0 Å². The Morgan fingerprint density at radius 1 is 1.29 bits per heavy atom. The minimum absolute atomic E-state index is 0.238. The molecule has 1 fully saturated rings. The molecular formula is C18H19FN6O3. The van der Waals surface area contributed by atoms with Crippen LogP contribution >= 0.6 is 0 Å². The summed E-state index contributed by atoms with van der Waals surface area (Å²) >= 11 is 0. The van der Waals surface area contributed by atoms with Gasteiger partial charge in [-0.2, -0.15) is 5.10 Å². The number of nitrogens with zero attached hydrogens (tertiary/aromatic N) is 4. The van der Waals surface area contributed by atoms with Gasteiger partial charge in [0.05, 0.1) is 18.9 Å². The Hall–Kier alpha value is -3.24. The Morgan fingerprint density at radius 3 is 2.79 bits per heavy atom. The van der Waals surface area contributed by atoms with E-state index in [9.17, 15) is 9.18 Å². The lowest BCUT2D eigenvalue weighted by atomic mass is 10.1. The fraction of sp³-hybridized carbons (Fsp3) is 0.278. The van der Waals surface area contributed by atoms with E-state index in [1.165, 1.54) is 18.5 Å². The minimum atomic E-state index is -1.08. The molecule has 1 aliphatic heterocycles. The van der Waals surface area contributed by atoms with Gasteiger partial charge in [0.15, 0.2) is 17.4 Å². The van der Waals surface area contributed by atoms with Crippen molar-refractivity contribution in [3.05, 3.63) is 42.1 Å². The van der Waals surface area contributed by atoms with E-state index >= 15 is 0 Å². The maximum absolute atomic E-state index is 14.4. The number of nitrogen functional groups attached to an aromatic ring is 1.